The summed E-state index contributed by atoms with van der Waals surface area (Å²) in [6.07, 6.45) is 2.04. The van der Waals surface area contributed by atoms with E-state index in [-0.39, 0.29) is 5.97 Å². The Morgan fingerprint density at radius 3 is 2.34 bits per heavy atom. The number of rotatable bonds is 7. The molecule has 1 heterocycles. The lowest BCUT2D eigenvalue weighted by molar-refractivity contribution is -0.208. The first-order valence-corrected chi connectivity index (χ1v) is 10.3. The van der Waals surface area contributed by atoms with E-state index < -0.39 is 5.41 Å². The molecule has 0 unspecified atom stereocenters. The first kappa shape index (κ1) is 21.2. The Morgan fingerprint density at radius 2 is 1.66 bits per heavy atom. The van der Waals surface area contributed by atoms with E-state index in [1.54, 1.807) is 5.06 Å². The van der Waals surface area contributed by atoms with E-state index in [1.807, 2.05) is 75.4 Å². The van der Waals surface area contributed by atoms with Gasteiger partial charge in [0.15, 0.2) is 11.5 Å². The monoisotopic (exact) mass is 397 g/mol. The molecule has 0 N–H and O–H groups in total. The molecule has 29 heavy (non-hydrogen) atoms. The van der Waals surface area contributed by atoms with Crippen LogP contribution in [0, 0.1) is 11.3 Å². The number of nitrogens with zero attached hydrogens (tertiary/aromatic N) is 1. The van der Waals surface area contributed by atoms with Gasteiger partial charge in [0.2, 0.25) is 0 Å². The smallest absolute Gasteiger partial charge is 0.330 e. The summed E-state index contributed by atoms with van der Waals surface area (Å²) in [6, 6.07) is 17.8. The predicted molar refractivity (Wildman–Crippen MR) is 113 cm³/mol. The molecule has 0 spiro atoms. The minimum atomic E-state index is -0.502. The van der Waals surface area contributed by atoms with Gasteiger partial charge in [0.25, 0.3) is 0 Å². The predicted octanol–water partition coefficient (Wildman–Crippen LogP) is 4.86. The highest BCUT2D eigenvalue weighted by atomic mass is 16.7. The van der Waals surface area contributed by atoms with Crippen LogP contribution in [-0.2, 0) is 16.2 Å². The van der Waals surface area contributed by atoms with Crippen molar-refractivity contribution in [1.82, 2.24) is 5.06 Å². The van der Waals surface area contributed by atoms with E-state index in [2.05, 4.69) is 0 Å². The summed E-state index contributed by atoms with van der Waals surface area (Å²) in [6.45, 7) is 8.13. The molecule has 5 heteroatoms. The van der Waals surface area contributed by atoms with Crippen LogP contribution >= 0.6 is 0 Å². The third-order valence-corrected chi connectivity index (χ3v) is 4.87. The van der Waals surface area contributed by atoms with E-state index in [9.17, 15) is 4.79 Å². The largest absolute Gasteiger partial charge is 0.489 e. The van der Waals surface area contributed by atoms with Gasteiger partial charge < -0.3 is 14.3 Å². The summed E-state index contributed by atoms with van der Waals surface area (Å²) in [7, 11) is 0. The van der Waals surface area contributed by atoms with Crippen LogP contribution in [0.3, 0.4) is 0 Å². The molecule has 0 amide bonds. The Balaban J connectivity index is 1.52. The summed E-state index contributed by atoms with van der Waals surface area (Å²) >= 11 is 0. The first-order chi connectivity index (χ1) is 13.9. The molecule has 156 valence electrons. The zero-order valence-electron chi connectivity index (χ0n) is 17.6. The Bertz CT molecular complexity index is 785. The molecule has 0 aromatic heterocycles. The Hall–Kier alpha value is -2.53. The fourth-order valence-electron chi connectivity index (χ4n) is 3.13. The van der Waals surface area contributed by atoms with Crippen molar-refractivity contribution >= 4 is 5.97 Å². The number of para-hydroxylation sites is 2. The van der Waals surface area contributed by atoms with Gasteiger partial charge in [-0.3, -0.25) is 0 Å². The summed E-state index contributed by atoms with van der Waals surface area (Å²) in [5, 5.41) is 1.78. The fourth-order valence-corrected chi connectivity index (χ4v) is 3.13. The standard InChI is InChI=1S/C24H31NO4/c1-24(2,3)23(26)29-25-15-9-12-20(16-25)18-28-22-14-8-7-13-21(22)27-17-19-10-5-4-6-11-19/h4-8,10-11,13-14,20H,9,12,15-18H2,1-3H3/t20-/m0/s1. The van der Waals surface area contributed by atoms with Gasteiger partial charge in [-0.05, 0) is 51.3 Å². The van der Waals surface area contributed by atoms with Crippen molar-refractivity contribution in [1.29, 1.82) is 0 Å². The van der Waals surface area contributed by atoms with Crippen LogP contribution in [0.2, 0.25) is 0 Å². The summed E-state index contributed by atoms with van der Waals surface area (Å²) in [5.74, 6) is 1.59. The molecule has 1 fully saturated rings. The van der Waals surface area contributed by atoms with Gasteiger partial charge in [-0.25, -0.2) is 4.79 Å². The molecule has 3 rings (SSSR count). The summed E-state index contributed by atoms with van der Waals surface area (Å²) in [5.41, 5.74) is 0.615. The molecule has 2 aromatic carbocycles. The lowest BCUT2D eigenvalue weighted by atomic mass is 9.97. The van der Waals surface area contributed by atoms with E-state index in [1.165, 1.54) is 0 Å². The minimum Gasteiger partial charge on any atom is -0.489 e. The van der Waals surface area contributed by atoms with Crippen LogP contribution in [0.5, 0.6) is 11.5 Å². The van der Waals surface area contributed by atoms with Gasteiger partial charge in [0, 0.05) is 19.0 Å². The molecule has 0 bridgehead atoms. The lowest BCUT2D eigenvalue weighted by Gasteiger charge is -2.32. The maximum Gasteiger partial charge on any atom is 0.330 e. The number of hydrogen-bond acceptors (Lipinski definition) is 5. The third kappa shape index (κ3) is 6.50. The average Bonchev–Trinajstić information content (AvgIpc) is 2.71. The second kappa shape index (κ2) is 9.79. The van der Waals surface area contributed by atoms with Gasteiger partial charge in [-0.1, -0.05) is 42.5 Å². The van der Waals surface area contributed by atoms with Gasteiger partial charge >= 0.3 is 5.97 Å². The van der Waals surface area contributed by atoms with Crippen LogP contribution < -0.4 is 9.47 Å². The van der Waals surface area contributed by atoms with Gasteiger partial charge in [-0.2, -0.15) is 0 Å². The number of ether oxygens (including phenoxy) is 2. The van der Waals surface area contributed by atoms with Gasteiger partial charge in [0.1, 0.15) is 6.61 Å². The van der Waals surface area contributed by atoms with Crippen LogP contribution in [0.25, 0.3) is 0 Å². The topological polar surface area (TPSA) is 48.0 Å². The molecule has 2 aromatic rings. The molecule has 1 aliphatic heterocycles. The maximum absolute atomic E-state index is 12.1. The van der Waals surface area contributed by atoms with Crippen molar-refractivity contribution < 1.29 is 19.1 Å². The molecular weight excluding hydrogens is 366 g/mol. The molecule has 5 nitrogen and oxygen atoms in total. The van der Waals surface area contributed by atoms with Crippen LogP contribution in [0.4, 0.5) is 0 Å². The van der Waals surface area contributed by atoms with Crippen LogP contribution in [-0.4, -0.2) is 30.7 Å². The molecule has 1 aliphatic rings. The van der Waals surface area contributed by atoms with E-state index >= 15 is 0 Å². The number of carbonyl (C=O) groups is 1. The van der Waals surface area contributed by atoms with Crippen LogP contribution in [0.15, 0.2) is 54.6 Å². The maximum atomic E-state index is 12.1. The zero-order valence-corrected chi connectivity index (χ0v) is 17.6. The highest BCUT2D eigenvalue weighted by Gasteiger charge is 2.29. The highest BCUT2D eigenvalue weighted by Crippen LogP contribution is 2.29. The molecule has 0 radical (unpaired) electrons. The first-order valence-electron chi connectivity index (χ1n) is 10.3. The average molecular weight is 398 g/mol. The quantitative estimate of drug-likeness (QED) is 0.668. The van der Waals surface area contributed by atoms with Crippen molar-refractivity contribution in [2.75, 3.05) is 19.7 Å². The number of hydroxylamine groups is 2. The summed E-state index contributed by atoms with van der Waals surface area (Å²) < 4.78 is 12.1. The third-order valence-electron chi connectivity index (χ3n) is 4.87. The van der Waals surface area contributed by atoms with Crippen molar-refractivity contribution in [2.24, 2.45) is 11.3 Å². The molecule has 0 aliphatic carbocycles. The number of hydrogen-bond donors (Lipinski definition) is 0. The van der Waals surface area contributed by atoms with Crippen LogP contribution in [0.1, 0.15) is 39.2 Å². The fraction of sp³-hybridized carbons (Fsp3) is 0.458. The second-order valence-electron chi connectivity index (χ2n) is 8.56. The molecule has 1 saturated heterocycles. The normalized spacial score (nSPS) is 17.6. The SMILES string of the molecule is CC(C)(C)C(=O)ON1CCC[C@H](COc2ccccc2OCc2ccccc2)C1. The van der Waals surface area contributed by atoms with Crippen molar-refractivity contribution in [3.8, 4) is 11.5 Å². The van der Waals surface area contributed by atoms with Crippen molar-refractivity contribution in [2.45, 2.75) is 40.2 Å². The number of benzene rings is 2. The Labute approximate surface area is 173 Å². The van der Waals surface area contributed by atoms with Gasteiger partial charge in [-0.15, -0.1) is 5.06 Å². The molecule has 0 saturated carbocycles. The van der Waals surface area contributed by atoms with Crippen molar-refractivity contribution in [3.63, 3.8) is 0 Å². The van der Waals surface area contributed by atoms with E-state index in [0.29, 0.717) is 25.7 Å². The minimum absolute atomic E-state index is 0.196. The summed E-state index contributed by atoms with van der Waals surface area (Å²) in [4.78, 5) is 17.7. The highest BCUT2D eigenvalue weighted by molar-refractivity contribution is 5.75. The van der Waals surface area contributed by atoms with Crippen molar-refractivity contribution in [3.05, 3.63) is 60.2 Å². The molecular formula is C24H31NO4. The zero-order chi connectivity index (χ0) is 20.7. The lowest BCUT2D eigenvalue weighted by Crippen LogP contribution is -2.41. The van der Waals surface area contributed by atoms with E-state index in [0.717, 1.165) is 36.4 Å². The Morgan fingerprint density at radius 1 is 1.00 bits per heavy atom. The number of piperidine rings is 1. The van der Waals surface area contributed by atoms with Gasteiger partial charge in [0.05, 0.1) is 12.0 Å². The number of carbonyl (C=O) groups excluding carboxylic acids is 1. The Kier molecular flexibility index (Phi) is 7.15. The molecule has 1 atom stereocenters. The second-order valence-corrected chi connectivity index (χ2v) is 8.56. The van der Waals surface area contributed by atoms with E-state index in [4.69, 9.17) is 14.3 Å².